The lowest BCUT2D eigenvalue weighted by Crippen LogP contribution is -2.63. The number of hydrogen-bond donors (Lipinski definition) is 1. The maximum Gasteiger partial charge on any atom is 0.416 e. The van der Waals surface area contributed by atoms with E-state index in [9.17, 15) is 32.7 Å². The van der Waals surface area contributed by atoms with E-state index < -0.39 is 17.2 Å². The molecule has 52 heavy (non-hydrogen) atoms. The van der Waals surface area contributed by atoms with Crippen LogP contribution >= 0.6 is 0 Å². The first-order valence-corrected chi connectivity index (χ1v) is 18.8. The van der Waals surface area contributed by atoms with Gasteiger partial charge in [-0.3, -0.25) is 14.4 Å². The van der Waals surface area contributed by atoms with Gasteiger partial charge in [-0.05, 0) is 115 Å². The number of aliphatic hydroxyl groups is 1. The van der Waals surface area contributed by atoms with Crippen LogP contribution in [-0.4, -0.2) is 58.7 Å². The monoisotopic (exact) mass is 716 g/mol. The highest BCUT2D eigenvalue weighted by Gasteiger charge is 2.67. The minimum absolute atomic E-state index is 0.0601. The van der Waals surface area contributed by atoms with Crippen LogP contribution in [0.1, 0.15) is 97.6 Å². The minimum Gasteiger partial charge on any atom is -0.504 e. The molecule has 0 radical (unpaired) electrons. The van der Waals surface area contributed by atoms with Crippen LogP contribution in [0.2, 0.25) is 0 Å². The Kier molecular flexibility index (Phi) is 8.47. The number of ketones is 1. The van der Waals surface area contributed by atoms with Gasteiger partial charge in [-0.1, -0.05) is 64.5 Å². The summed E-state index contributed by atoms with van der Waals surface area (Å²) in [5.41, 5.74) is 2.89. The summed E-state index contributed by atoms with van der Waals surface area (Å²) in [5.74, 6) is -0.216. The number of hydrogen-bond acceptors (Lipinski definition) is 4. The number of piperazine rings is 1. The molecule has 7 rings (SSSR count). The summed E-state index contributed by atoms with van der Waals surface area (Å²) >= 11 is 0. The topological polar surface area (TPSA) is 77.9 Å². The highest BCUT2D eigenvalue weighted by Crippen LogP contribution is 2.75. The number of rotatable bonds is 3. The van der Waals surface area contributed by atoms with E-state index in [-0.39, 0.29) is 45.0 Å². The number of halogens is 3. The maximum absolute atomic E-state index is 14.5. The number of amides is 2. The Labute approximate surface area is 305 Å². The van der Waals surface area contributed by atoms with Gasteiger partial charge in [0.05, 0.1) is 5.56 Å². The van der Waals surface area contributed by atoms with Crippen molar-refractivity contribution in [1.82, 2.24) is 9.80 Å². The van der Waals surface area contributed by atoms with Crippen LogP contribution in [0, 0.1) is 33.0 Å². The maximum atomic E-state index is 14.5. The Morgan fingerprint density at radius 1 is 0.865 bits per heavy atom. The number of carbonyl (C=O) groups is 3. The number of fused-ring (bicyclic) bond motifs is 7. The van der Waals surface area contributed by atoms with E-state index in [4.69, 9.17) is 0 Å². The number of allylic oxidation sites excluding steroid dienone is 7. The fraction of sp³-hybridized carbons (Fsp3) is 0.558. The van der Waals surface area contributed by atoms with Crippen LogP contribution in [-0.2, 0) is 20.6 Å². The van der Waals surface area contributed by atoms with E-state index in [0.717, 1.165) is 68.2 Å². The molecule has 2 amide bonds. The van der Waals surface area contributed by atoms with Crippen LogP contribution < -0.4 is 0 Å². The van der Waals surface area contributed by atoms with Crippen LogP contribution in [0.15, 0.2) is 76.6 Å². The van der Waals surface area contributed by atoms with E-state index in [1.807, 2.05) is 11.8 Å². The molecule has 0 spiro atoms. The third-order valence-corrected chi connectivity index (χ3v) is 14.9. The minimum atomic E-state index is -4.41. The van der Waals surface area contributed by atoms with E-state index >= 15 is 0 Å². The van der Waals surface area contributed by atoms with Crippen molar-refractivity contribution in [2.24, 2.45) is 33.0 Å². The average molecular weight is 717 g/mol. The zero-order valence-corrected chi connectivity index (χ0v) is 31.3. The molecule has 0 bridgehead atoms. The van der Waals surface area contributed by atoms with Gasteiger partial charge in [0, 0.05) is 48.7 Å². The number of carbonyl (C=O) groups excluding carboxylic acids is 3. The molecule has 3 saturated carbocycles. The molecular weight excluding hydrogens is 665 g/mol. The molecule has 1 heterocycles. The quantitative estimate of drug-likeness (QED) is 0.317. The molecule has 6 aliphatic rings. The van der Waals surface area contributed by atoms with Crippen molar-refractivity contribution in [2.75, 3.05) is 26.2 Å². The second kappa shape index (κ2) is 12.1. The predicted octanol–water partition coefficient (Wildman–Crippen LogP) is 9.02. The summed E-state index contributed by atoms with van der Waals surface area (Å²) in [4.78, 5) is 43.9. The number of benzene rings is 1. The van der Waals surface area contributed by atoms with E-state index in [2.05, 4.69) is 46.8 Å². The average Bonchev–Trinajstić information content (AvgIpc) is 3.11. The molecule has 5 aliphatic carbocycles. The Morgan fingerprint density at radius 3 is 2.15 bits per heavy atom. The Bertz CT molecular complexity index is 1880. The summed E-state index contributed by atoms with van der Waals surface area (Å²) < 4.78 is 38.7. The largest absolute Gasteiger partial charge is 0.504 e. The molecule has 1 N–H and O–H groups in total. The predicted molar refractivity (Wildman–Crippen MR) is 195 cm³/mol. The molecule has 9 heteroatoms. The van der Waals surface area contributed by atoms with Crippen LogP contribution in [0.5, 0.6) is 0 Å². The first-order chi connectivity index (χ1) is 24.3. The summed E-state index contributed by atoms with van der Waals surface area (Å²) in [6.07, 6.45) is 11.2. The Hall–Kier alpha value is -3.88. The molecule has 1 saturated heterocycles. The van der Waals surface area contributed by atoms with Crippen molar-refractivity contribution < 1.29 is 32.7 Å². The summed E-state index contributed by atoms with van der Waals surface area (Å²) in [7, 11) is 0. The van der Waals surface area contributed by atoms with Crippen molar-refractivity contribution in [2.45, 2.75) is 92.7 Å². The Morgan fingerprint density at radius 2 is 1.50 bits per heavy atom. The van der Waals surface area contributed by atoms with Crippen molar-refractivity contribution >= 4 is 23.7 Å². The van der Waals surface area contributed by atoms with Crippen LogP contribution in [0.25, 0.3) is 6.08 Å². The molecule has 0 unspecified atom stereocenters. The number of alkyl halides is 3. The van der Waals surface area contributed by atoms with E-state index in [1.165, 1.54) is 29.9 Å². The standard InChI is InChI=1S/C43H51F3N2O4/c1-27-30-12-13-33-40(4,31(30)25-32(49)36(27)51)18-20-42(6)34-26-39(3,16-15-38(34,2)17-19-41(33,42)5)37(52)48-23-21-47(22-24-48)35(50)14-9-28-7-10-29(11-8-28)43(44,45)46/h7-14,25,34,51H,15-24,26H2,1-6H3/b14-9+/t34-,38-,39-,40+,41-,42+/m1/s1. The van der Waals surface area contributed by atoms with Gasteiger partial charge >= 0.3 is 6.18 Å². The normalized spacial score (nSPS) is 36.3. The van der Waals surface area contributed by atoms with Gasteiger partial charge < -0.3 is 14.9 Å². The molecule has 6 nitrogen and oxygen atoms in total. The lowest BCUT2D eigenvalue weighted by atomic mass is 9.34. The zero-order chi connectivity index (χ0) is 37.6. The molecule has 1 aromatic rings. The second-order valence-electron chi connectivity index (χ2n) is 17.7. The van der Waals surface area contributed by atoms with Gasteiger partial charge in [-0.25, -0.2) is 0 Å². The van der Waals surface area contributed by atoms with Gasteiger partial charge in [0.15, 0.2) is 5.76 Å². The fourth-order valence-electron chi connectivity index (χ4n) is 11.2. The van der Waals surface area contributed by atoms with Gasteiger partial charge in [-0.2, -0.15) is 13.2 Å². The SMILES string of the molecule is CC1=C(O)C(=O)C=C2C1=CC=C1[C@@]2(C)CC[C@@]2(C)[C@@H]3C[C@](C)(C(=O)N4CCN(C(=O)/C=C/c5ccc(C(F)(F)F)cc5)CC4)CC[C@]3(C)CC[C@]12C. The Balaban J connectivity index is 1.06. The molecule has 1 aromatic carbocycles. The highest BCUT2D eigenvalue weighted by atomic mass is 19.4. The zero-order valence-electron chi connectivity index (χ0n) is 31.3. The van der Waals surface area contributed by atoms with Crippen molar-refractivity contribution in [3.63, 3.8) is 0 Å². The van der Waals surface area contributed by atoms with Crippen molar-refractivity contribution in [3.05, 3.63) is 87.7 Å². The van der Waals surface area contributed by atoms with Gasteiger partial charge in [0.25, 0.3) is 0 Å². The lowest BCUT2D eigenvalue weighted by Gasteiger charge is -2.70. The van der Waals surface area contributed by atoms with Gasteiger partial charge in [-0.15, -0.1) is 0 Å². The third-order valence-electron chi connectivity index (χ3n) is 14.9. The molecule has 0 aromatic heterocycles. The summed E-state index contributed by atoms with van der Waals surface area (Å²) in [6.45, 7) is 15.3. The lowest BCUT2D eigenvalue weighted by molar-refractivity contribution is -0.175. The first kappa shape index (κ1) is 36.5. The third kappa shape index (κ3) is 5.46. The van der Waals surface area contributed by atoms with Crippen molar-refractivity contribution in [1.29, 1.82) is 0 Å². The first-order valence-electron chi connectivity index (χ1n) is 18.8. The highest BCUT2D eigenvalue weighted by molar-refractivity contribution is 6.06. The smallest absolute Gasteiger partial charge is 0.416 e. The second-order valence-corrected chi connectivity index (χ2v) is 17.7. The van der Waals surface area contributed by atoms with Crippen molar-refractivity contribution in [3.8, 4) is 0 Å². The summed E-state index contributed by atoms with van der Waals surface area (Å²) in [5, 5.41) is 10.5. The molecule has 1 aliphatic heterocycles. The van der Waals surface area contributed by atoms with E-state index in [0.29, 0.717) is 43.2 Å². The number of aliphatic hydroxyl groups excluding tert-OH is 1. The summed E-state index contributed by atoms with van der Waals surface area (Å²) in [6, 6.07) is 4.71. The van der Waals surface area contributed by atoms with Crippen LogP contribution in [0.4, 0.5) is 13.2 Å². The van der Waals surface area contributed by atoms with Crippen LogP contribution in [0.3, 0.4) is 0 Å². The van der Waals surface area contributed by atoms with Gasteiger partial charge in [0.1, 0.15) is 0 Å². The molecule has 6 atom stereocenters. The molecular formula is C43H51F3N2O4. The van der Waals surface area contributed by atoms with E-state index in [1.54, 1.807) is 11.0 Å². The molecule has 4 fully saturated rings. The van der Waals surface area contributed by atoms with Gasteiger partial charge in [0.2, 0.25) is 17.6 Å². The fourth-order valence-corrected chi connectivity index (χ4v) is 11.2. The number of nitrogens with zero attached hydrogens (tertiary/aromatic N) is 2. The molecule has 278 valence electrons.